The molecule has 0 radical (unpaired) electrons. The number of aliphatic carboxylic acids is 1. The van der Waals surface area contributed by atoms with Gasteiger partial charge in [0.25, 0.3) is 0 Å². The Kier molecular flexibility index (Phi) is 6.21. The molecule has 22 heavy (non-hydrogen) atoms. The van der Waals surface area contributed by atoms with Gasteiger partial charge in [-0.05, 0) is 32.1 Å². The van der Waals surface area contributed by atoms with Gasteiger partial charge in [0.1, 0.15) is 0 Å². The Bertz CT molecular complexity index is 416. The molecule has 0 aromatic rings. The molecule has 2 rings (SSSR count). The molecule has 2 fully saturated rings. The second-order valence-electron chi connectivity index (χ2n) is 6.38. The van der Waals surface area contributed by atoms with Crippen LogP contribution in [0.4, 0.5) is 0 Å². The van der Waals surface area contributed by atoms with E-state index in [1.165, 1.54) is 12.8 Å². The number of hydrogen-bond acceptors (Lipinski definition) is 3. The van der Waals surface area contributed by atoms with Crippen molar-refractivity contribution >= 4 is 17.8 Å². The maximum absolute atomic E-state index is 12.1. The van der Waals surface area contributed by atoms with Crippen LogP contribution in [0, 0.1) is 11.8 Å². The molecular weight excluding hydrogens is 284 g/mol. The highest BCUT2D eigenvalue weighted by molar-refractivity contribution is 5.82. The summed E-state index contributed by atoms with van der Waals surface area (Å²) < 4.78 is 0. The van der Waals surface area contributed by atoms with E-state index in [1.54, 1.807) is 0 Å². The van der Waals surface area contributed by atoms with Crippen LogP contribution in [0.1, 0.15) is 51.4 Å². The lowest BCUT2D eigenvalue weighted by Gasteiger charge is -2.20. The fourth-order valence-corrected chi connectivity index (χ4v) is 3.36. The summed E-state index contributed by atoms with van der Waals surface area (Å²) in [5.41, 5.74) is 0. The number of nitrogens with zero attached hydrogens (tertiary/aromatic N) is 1. The third-order valence-corrected chi connectivity index (χ3v) is 4.75. The van der Waals surface area contributed by atoms with Gasteiger partial charge >= 0.3 is 5.97 Å². The number of hydrogen-bond donors (Lipinski definition) is 2. The Hall–Kier alpha value is -1.59. The van der Waals surface area contributed by atoms with E-state index in [4.69, 9.17) is 5.11 Å². The van der Waals surface area contributed by atoms with E-state index in [9.17, 15) is 14.4 Å². The molecule has 2 amide bonds. The van der Waals surface area contributed by atoms with Crippen molar-refractivity contribution in [3.63, 3.8) is 0 Å². The van der Waals surface area contributed by atoms with Crippen LogP contribution in [-0.2, 0) is 14.4 Å². The van der Waals surface area contributed by atoms with Gasteiger partial charge in [-0.1, -0.05) is 12.8 Å². The molecule has 6 heteroatoms. The van der Waals surface area contributed by atoms with E-state index in [-0.39, 0.29) is 17.7 Å². The smallest absolute Gasteiger partial charge is 0.306 e. The van der Waals surface area contributed by atoms with E-state index >= 15 is 0 Å². The summed E-state index contributed by atoms with van der Waals surface area (Å²) in [5, 5.41) is 11.7. The average molecular weight is 310 g/mol. The fourth-order valence-electron chi connectivity index (χ4n) is 3.36. The number of carboxylic acids is 1. The fraction of sp³-hybridized carbons (Fsp3) is 0.812. The Morgan fingerprint density at radius 3 is 2.23 bits per heavy atom. The summed E-state index contributed by atoms with van der Waals surface area (Å²) in [6, 6.07) is 0. The molecule has 124 valence electrons. The van der Waals surface area contributed by atoms with Gasteiger partial charge in [0.05, 0.1) is 5.92 Å². The van der Waals surface area contributed by atoms with Crippen LogP contribution in [0.3, 0.4) is 0 Å². The van der Waals surface area contributed by atoms with E-state index in [2.05, 4.69) is 5.32 Å². The van der Waals surface area contributed by atoms with Gasteiger partial charge in [0.2, 0.25) is 11.8 Å². The van der Waals surface area contributed by atoms with Gasteiger partial charge in [-0.25, -0.2) is 0 Å². The Labute approximate surface area is 131 Å². The molecule has 0 aromatic heterocycles. The summed E-state index contributed by atoms with van der Waals surface area (Å²) in [6.07, 6.45) is 6.46. The molecule has 1 saturated carbocycles. The zero-order chi connectivity index (χ0) is 15.9. The van der Waals surface area contributed by atoms with Crippen molar-refractivity contribution in [3.05, 3.63) is 0 Å². The maximum Gasteiger partial charge on any atom is 0.306 e. The molecule has 0 unspecified atom stereocenters. The van der Waals surface area contributed by atoms with Crippen LogP contribution in [-0.4, -0.2) is 47.4 Å². The van der Waals surface area contributed by atoms with Crippen LogP contribution < -0.4 is 5.32 Å². The first-order chi connectivity index (χ1) is 10.6. The molecule has 1 aliphatic heterocycles. The summed E-state index contributed by atoms with van der Waals surface area (Å²) in [6.45, 7) is 2.01. The lowest BCUT2D eigenvalue weighted by atomic mass is 10.0. The van der Waals surface area contributed by atoms with Crippen LogP contribution in [0.25, 0.3) is 0 Å². The summed E-state index contributed by atoms with van der Waals surface area (Å²) in [4.78, 5) is 36.9. The number of likely N-dealkylation sites (tertiary alicyclic amines) is 1. The quantitative estimate of drug-likeness (QED) is 0.803. The molecular formula is C16H26N2O4. The highest BCUT2D eigenvalue weighted by atomic mass is 16.4. The van der Waals surface area contributed by atoms with E-state index in [0.29, 0.717) is 32.2 Å². The van der Waals surface area contributed by atoms with E-state index in [0.717, 1.165) is 25.9 Å². The van der Waals surface area contributed by atoms with Gasteiger partial charge in [-0.2, -0.15) is 0 Å². The predicted octanol–water partition coefficient (Wildman–Crippen LogP) is 1.40. The first-order valence-electron chi connectivity index (χ1n) is 8.36. The third-order valence-electron chi connectivity index (χ3n) is 4.75. The van der Waals surface area contributed by atoms with E-state index < -0.39 is 11.9 Å². The maximum atomic E-state index is 12.1. The van der Waals surface area contributed by atoms with Gasteiger partial charge in [-0.3, -0.25) is 14.4 Å². The molecule has 0 spiro atoms. The van der Waals surface area contributed by atoms with Crippen LogP contribution in [0.2, 0.25) is 0 Å². The largest absolute Gasteiger partial charge is 0.481 e. The first-order valence-corrected chi connectivity index (χ1v) is 8.36. The number of rotatable bonds is 5. The normalized spacial score (nSPS) is 25.5. The molecule has 2 atom stereocenters. The molecule has 1 aliphatic carbocycles. The molecule has 1 heterocycles. The standard InChI is InChI=1S/C16H26N2O4/c19-14(18-9-3-1-2-4-10-18)7-8-17-15(20)12-5-6-13(11-12)16(21)22/h12-13H,1-11H2,(H,17,20)(H,21,22)/t12-,13+/m0/s1. The van der Waals surface area contributed by atoms with Gasteiger partial charge < -0.3 is 15.3 Å². The van der Waals surface area contributed by atoms with Crippen LogP contribution >= 0.6 is 0 Å². The van der Waals surface area contributed by atoms with Crippen molar-refractivity contribution in [3.8, 4) is 0 Å². The van der Waals surface area contributed by atoms with Crippen molar-refractivity contribution in [1.82, 2.24) is 10.2 Å². The number of carbonyl (C=O) groups excluding carboxylic acids is 2. The topological polar surface area (TPSA) is 86.7 Å². The zero-order valence-electron chi connectivity index (χ0n) is 13.1. The number of carbonyl (C=O) groups is 3. The molecule has 2 aliphatic rings. The predicted molar refractivity (Wildman–Crippen MR) is 81.1 cm³/mol. The minimum Gasteiger partial charge on any atom is -0.481 e. The molecule has 0 aromatic carbocycles. The minimum absolute atomic E-state index is 0.104. The van der Waals surface area contributed by atoms with Gasteiger partial charge in [-0.15, -0.1) is 0 Å². The summed E-state index contributed by atoms with van der Waals surface area (Å²) in [7, 11) is 0. The monoisotopic (exact) mass is 310 g/mol. The lowest BCUT2D eigenvalue weighted by Crippen LogP contribution is -2.36. The van der Waals surface area contributed by atoms with Crippen LogP contribution in [0.15, 0.2) is 0 Å². The second-order valence-corrected chi connectivity index (χ2v) is 6.38. The second kappa shape index (κ2) is 8.15. The Morgan fingerprint density at radius 1 is 1.00 bits per heavy atom. The van der Waals surface area contributed by atoms with Gasteiger partial charge in [0.15, 0.2) is 0 Å². The van der Waals surface area contributed by atoms with Crippen molar-refractivity contribution in [2.45, 2.75) is 51.4 Å². The molecule has 1 saturated heterocycles. The average Bonchev–Trinajstić information content (AvgIpc) is 2.83. The lowest BCUT2D eigenvalue weighted by molar-refractivity contribution is -0.141. The van der Waals surface area contributed by atoms with Crippen LogP contribution in [0.5, 0.6) is 0 Å². The minimum atomic E-state index is -0.813. The van der Waals surface area contributed by atoms with Crippen molar-refractivity contribution in [1.29, 1.82) is 0 Å². The summed E-state index contributed by atoms with van der Waals surface area (Å²) >= 11 is 0. The zero-order valence-corrected chi connectivity index (χ0v) is 13.1. The SMILES string of the molecule is O=C(O)[C@@H]1CC[C@H](C(=O)NCCC(=O)N2CCCCCC2)C1. The number of nitrogens with one attached hydrogen (secondary N) is 1. The number of carboxylic acid groups (broad SMARTS) is 1. The highest BCUT2D eigenvalue weighted by Gasteiger charge is 2.33. The Balaban J connectivity index is 1.66. The van der Waals surface area contributed by atoms with Crippen molar-refractivity contribution < 1.29 is 19.5 Å². The number of amides is 2. The summed E-state index contributed by atoms with van der Waals surface area (Å²) in [5.74, 6) is -1.42. The molecule has 2 N–H and O–H groups in total. The molecule has 6 nitrogen and oxygen atoms in total. The van der Waals surface area contributed by atoms with E-state index in [1.807, 2.05) is 4.90 Å². The highest BCUT2D eigenvalue weighted by Crippen LogP contribution is 2.31. The van der Waals surface area contributed by atoms with Gasteiger partial charge in [0, 0.05) is 32.0 Å². The van der Waals surface area contributed by atoms with Crippen molar-refractivity contribution in [2.75, 3.05) is 19.6 Å². The molecule has 0 bridgehead atoms. The van der Waals surface area contributed by atoms with Crippen molar-refractivity contribution in [2.24, 2.45) is 11.8 Å². The Morgan fingerprint density at radius 2 is 1.64 bits per heavy atom. The third kappa shape index (κ3) is 4.71. The first kappa shape index (κ1) is 16.8.